The van der Waals surface area contributed by atoms with Crippen molar-refractivity contribution in [1.29, 1.82) is 0 Å². The topological polar surface area (TPSA) is 373 Å². The Morgan fingerprint density at radius 2 is 1.13 bits per heavy atom. The van der Waals surface area contributed by atoms with Crippen molar-refractivity contribution in [2.24, 2.45) is 0 Å². The minimum atomic E-state index is -1.37. The minimum Gasteiger partial charge on any atom is -0.387 e. The minimum absolute atomic E-state index is 0.110. The number of hydrogen-bond acceptors (Lipinski definition) is 23. The van der Waals surface area contributed by atoms with Gasteiger partial charge in [-0.25, -0.2) is 14.8 Å². The van der Waals surface area contributed by atoms with Crippen molar-refractivity contribution in [3.05, 3.63) is 24.3 Å². The molecule has 4 saturated heterocycles. The van der Waals surface area contributed by atoms with Crippen LogP contribution in [0.15, 0.2) is 12.7 Å². The number of aromatic nitrogens is 16. The van der Waals surface area contributed by atoms with Gasteiger partial charge in [0, 0.05) is 38.3 Å². The van der Waals surface area contributed by atoms with Crippen LogP contribution in [0.4, 0.5) is 28.3 Å². The fraction of sp³-hybridized carbons (Fsp3) is 0.606. The van der Waals surface area contributed by atoms with Gasteiger partial charge in [0.25, 0.3) is 0 Å². The zero-order chi connectivity index (χ0) is 43.0. The molecule has 6 aromatic heterocycles. The van der Waals surface area contributed by atoms with Crippen molar-refractivity contribution in [3.8, 4) is 0 Å². The monoisotopic (exact) mass is 860 g/mol. The van der Waals surface area contributed by atoms with E-state index in [1.165, 1.54) is 31.4 Å². The van der Waals surface area contributed by atoms with Crippen LogP contribution in [0, 0.1) is 0 Å². The first-order valence-electron chi connectivity index (χ1n) is 20.1. The quantitative estimate of drug-likeness (QED) is 0.0656. The van der Waals surface area contributed by atoms with E-state index < -0.39 is 49.1 Å². The molecule has 0 bridgehead atoms. The van der Waals surface area contributed by atoms with E-state index in [2.05, 4.69) is 61.4 Å². The molecular formula is C33H44N22O7. The highest BCUT2D eigenvalue weighted by Crippen LogP contribution is 2.40. The number of imidazole rings is 2. The smallest absolute Gasteiger partial charge is 0.315 e. The molecule has 0 aromatic carbocycles. The maximum absolute atomic E-state index is 13.3. The number of aliphatic hydroxyl groups excluding tert-OH is 4. The highest BCUT2D eigenvalue weighted by atomic mass is 16.6. The molecule has 29 nitrogen and oxygen atoms in total. The van der Waals surface area contributed by atoms with E-state index in [9.17, 15) is 25.2 Å². The summed E-state index contributed by atoms with van der Waals surface area (Å²) in [5.41, 5.74) is 13.8. The molecule has 0 saturated carbocycles. The van der Waals surface area contributed by atoms with Crippen molar-refractivity contribution in [2.45, 2.75) is 101 Å². The average Bonchev–Trinajstić information content (AvgIpc) is 4.12. The number of rotatable bonds is 10. The Morgan fingerprint density at radius 1 is 0.694 bits per heavy atom. The number of urea groups is 1. The summed E-state index contributed by atoms with van der Waals surface area (Å²) in [6.07, 6.45) is -5.67. The molecule has 4 aliphatic heterocycles. The molecule has 10 heterocycles. The molecule has 0 aliphatic carbocycles. The number of amides is 2. The first kappa shape index (κ1) is 39.6. The average molecular weight is 861 g/mol. The van der Waals surface area contributed by atoms with E-state index >= 15 is 0 Å². The number of nitrogen functional groups attached to an aromatic ring is 2. The van der Waals surface area contributed by atoms with Crippen molar-refractivity contribution >= 4 is 51.9 Å². The standard InChI is InChI=1S/C33H44N22O7/c1-3-54-46-25(44-48-54)21-17(56)19(58)29(61-21)52-11-36-15-23(34)40-31(42-27(15)52)50-7-5-13(9-50)38-33(60)39-14-6-8-51(10-14)32-41-24(35)16-28(43-32)53(12-37-16)30-20(59)18(57)22(62-30)26-45-49-55(4-2)47-26/h11-14,17-22,29-30,56-59H,3-10H2,1-2H3,(H2,34,40,42)(H2,35,41,43)(H2,38,39,60)/t13-,14+,17-,18-,19+,20+,21-,22-,29+,30+/m0/s1. The summed E-state index contributed by atoms with van der Waals surface area (Å²) in [4.78, 5) is 46.9. The Balaban J connectivity index is 0.771. The summed E-state index contributed by atoms with van der Waals surface area (Å²) >= 11 is 0. The molecule has 29 heteroatoms. The fourth-order valence-corrected chi connectivity index (χ4v) is 8.25. The SMILES string of the molecule is CCn1nnc([C@H]2O[C@@H](n3cnc4c(N)nc(N5CC[C@@H](NC(=O)N[C@H]6CCN(c7nc(N)c8ncn([C@@H]9O[C@H](c%10nnn(CC)n%10)[C@@H](O)[C@H]9O)c8n7)C6)C5)nc43)[C@H](O)[C@@H]2O)n1. The van der Waals surface area contributed by atoms with E-state index in [-0.39, 0.29) is 63.7 Å². The van der Waals surface area contributed by atoms with Crippen molar-refractivity contribution in [1.82, 2.24) is 90.1 Å². The third kappa shape index (κ3) is 6.77. The van der Waals surface area contributed by atoms with Gasteiger partial charge in [0.1, 0.15) is 35.4 Å². The first-order chi connectivity index (χ1) is 30.0. The second-order valence-corrected chi connectivity index (χ2v) is 15.5. The van der Waals surface area contributed by atoms with Crippen LogP contribution >= 0.6 is 0 Å². The Bertz CT molecular complexity index is 2440. The largest absolute Gasteiger partial charge is 0.387 e. The summed E-state index contributed by atoms with van der Waals surface area (Å²) in [6.45, 7) is 6.42. The Morgan fingerprint density at radius 3 is 1.53 bits per heavy atom. The van der Waals surface area contributed by atoms with Crippen molar-refractivity contribution in [2.75, 3.05) is 47.4 Å². The highest BCUT2D eigenvalue weighted by molar-refractivity contribution is 5.84. The Labute approximate surface area is 349 Å². The number of anilines is 4. The number of fused-ring (bicyclic) bond motifs is 2. The number of aliphatic hydroxyl groups is 4. The fourth-order valence-electron chi connectivity index (χ4n) is 8.25. The number of tetrazole rings is 2. The van der Waals surface area contributed by atoms with E-state index in [1.807, 2.05) is 23.6 Å². The first-order valence-corrected chi connectivity index (χ1v) is 20.1. The number of aryl methyl sites for hydroxylation is 2. The van der Waals surface area contributed by atoms with Crippen LogP contribution in [0.25, 0.3) is 22.3 Å². The number of nitrogens with one attached hydrogen (secondary N) is 2. The Kier molecular flexibility index (Phi) is 9.85. The Hall–Kier alpha value is -6.53. The highest BCUT2D eigenvalue weighted by Gasteiger charge is 2.48. The third-order valence-corrected chi connectivity index (χ3v) is 11.5. The molecule has 4 aliphatic rings. The molecule has 0 spiro atoms. The predicted molar refractivity (Wildman–Crippen MR) is 209 cm³/mol. The molecule has 0 unspecified atom stereocenters. The molecule has 4 fully saturated rings. The van der Waals surface area contributed by atoms with E-state index in [0.717, 1.165) is 0 Å². The third-order valence-electron chi connectivity index (χ3n) is 11.5. The maximum Gasteiger partial charge on any atom is 0.315 e. The van der Waals surface area contributed by atoms with E-state index in [0.29, 0.717) is 64.0 Å². The van der Waals surface area contributed by atoms with Crippen LogP contribution in [0.2, 0.25) is 0 Å². The second kappa shape index (κ2) is 15.4. The molecule has 62 heavy (non-hydrogen) atoms. The van der Waals surface area contributed by atoms with Gasteiger partial charge in [0.2, 0.25) is 23.5 Å². The maximum atomic E-state index is 13.3. The molecule has 2 amide bonds. The molecule has 6 aromatic rings. The predicted octanol–water partition coefficient (Wildman–Crippen LogP) is -3.72. The van der Waals surface area contributed by atoms with Crippen LogP contribution in [0.3, 0.4) is 0 Å². The molecule has 328 valence electrons. The molecule has 10 atom stereocenters. The van der Waals surface area contributed by atoms with Crippen LogP contribution in [0.5, 0.6) is 0 Å². The second-order valence-electron chi connectivity index (χ2n) is 15.5. The van der Waals surface area contributed by atoms with Gasteiger partial charge in [-0.05, 0) is 37.1 Å². The lowest BCUT2D eigenvalue weighted by atomic mass is 10.1. The van der Waals surface area contributed by atoms with Crippen LogP contribution in [0.1, 0.15) is 63.0 Å². The van der Waals surface area contributed by atoms with Gasteiger partial charge in [-0.15, -0.1) is 20.4 Å². The summed E-state index contributed by atoms with van der Waals surface area (Å²) in [7, 11) is 0. The van der Waals surface area contributed by atoms with Gasteiger partial charge in [0.15, 0.2) is 47.6 Å². The summed E-state index contributed by atoms with van der Waals surface area (Å²) in [5, 5.41) is 74.0. The van der Waals surface area contributed by atoms with Gasteiger partial charge >= 0.3 is 6.03 Å². The van der Waals surface area contributed by atoms with Crippen molar-refractivity contribution < 1.29 is 34.7 Å². The van der Waals surface area contributed by atoms with Gasteiger partial charge < -0.3 is 61.8 Å². The van der Waals surface area contributed by atoms with E-state index in [1.54, 1.807) is 0 Å². The van der Waals surface area contributed by atoms with Crippen LogP contribution < -0.4 is 31.9 Å². The van der Waals surface area contributed by atoms with E-state index in [4.69, 9.17) is 30.9 Å². The molecular weight excluding hydrogens is 817 g/mol. The zero-order valence-electron chi connectivity index (χ0n) is 33.3. The number of nitrogens with zero attached hydrogens (tertiary/aromatic N) is 18. The zero-order valence-corrected chi connectivity index (χ0v) is 33.3. The number of nitrogens with two attached hydrogens (primary N) is 2. The molecule has 10 N–H and O–H groups in total. The summed E-state index contributed by atoms with van der Waals surface area (Å²) in [6, 6.07) is -0.844. The summed E-state index contributed by atoms with van der Waals surface area (Å²) < 4.78 is 15.0. The van der Waals surface area contributed by atoms with Gasteiger partial charge in [-0.2, -0.15) is 29.5 Å². The van der Waals surface area contributed by atoms with Gasteiger partial charge in [0.05, 0.1) is 25.7 Å². The summed E-state index contributed by atoms with van der Waals surface area (Å²) in [5.74, 6) is 1.08. The van der Waals surface area contributed by atoms with Gasteiger partial charge in [-0.3, -0.25) is 9.13 Å². The molecule has 10 rings (SSSR count). The van der Waals surface area contributed by atoms with Gasteiger partial charge in [-0.1, -0.05) is 0 Å². The lowest BCUT2D eigenvalue weighted by Gasteiger charge is -2.21. The molecule has 0 radical (unpaired) electrons. The van der Waals surface area contributed by atoms with Crippen molar-refractivity contribution in [3.63, 3.8) is 0 Å². The number of carbonyl (C=O) groups excluding carboxylic acids is 1. The normalized spacial score (nSPS) is 28.9. The number of carbonyl (C=O) groups is 1. The van der Waals surface area contributed by atoms with Crippen LogP contribution in [-0.2, 0) is 22.6 Å². The number of hydrogen-bond donors (Lipinski definition) is 8. The number of ether oxygens (including phenoxy) is 2. The van der Waals surface area contributed by atoms with Crippen LogP contribution in [-0.4, -0.2) is 169 Å². The lowest BCUT2D eigenvalue weighted by molar-refractivity contribution is -0.0384. The lowest BCUT2D eigenvalue weighted by Crippen LogP contribution is -2.48.